The first kappa shape index (κ1) is 17.4. The first-order valence-corrected chi connectivity index (χ1v) is 9.35. The fourth-order valence-corrected chi connectivity index (χ4v) is 4.01. The zero-order valence-electron chi connectivity index (χ0n) is 15.4. The molecule has 1 amide bonds. The molecule has 3 aromatic carbocycles. The predicted molar refractivity (Wildman–Crippen MR) is 106 cm³/mol. The summed E-state index contributed by atoms with van der Waals surface area (Å²) in [5.41, 5.74) is 4.00. The quantitative estimate of drug-likeness (QED) is 0.570. The van der Waals surface area contributed by atoms with E-state index in [1.165, 1.54) is 6.07 Å². The number of aromatic nitrogens is 1. The predicted octanol–water partition coefficient (Wildman–Crippen LogP) is 4.20. The van der Waals surface area contributed by atoms with Crippen molar-refractivity contribution in [3.8, 4) is 0 Å². The van der Waals surface area contributed by atoms with Crippen molar-refractivity contribution in [3.63, 3.8) is 0 Å². The molecular formula is C23H17FN2O3. The molecule has 6 heteroatoms. The summed E-state index contributed by atoms with van der Waals surface area (Å²) in [6.45, 7) is 0.331. The number of benzene rings is 3. The second kappa shape index (κ2) is 6.74. The van der Waals surface area contributed by atoms with Crippen LogP contribution in [-0.4, -0.2) is 15.8 Å². The number of amides is 1. The van der Waals surface area contributed by atoms with E-state index in [1.807, 2.05) is 24.3 Å². The van der Waals surface area contributed by atoms with Gasteiger partial charge in [0.25, 0.3) is 5.91 Å². The maximum absolute atomic E-state index is 14.3. The van der Waals surface area contributed by atoms with Crippen LogP contribution in [0.25, 0.3) is 11.1 Å². The van der Waals surface area contributed by atoms with Crippen molar-refractivity contribution in [1.82, 2.24) is 9.88 Å². The lowest BCUT2D eigenvalue weighted by molar-refractivity contribution is 0.0708. The summed E-state index contributed by atoms with van der Waals surface area (Å²) < 4.78 is 19.4. The van der Waals surface area contributed by atoms with E-state index in [4.69, 9.17) is 4.42 Å². The van der Waals surface area contributed by atoms with Gasteiger partial charge in [-0.15, -0.1) is 0 Å². The van der Waals surface area contributed by atoms with Crippen LogP contribution in [0.3, 0.4) is 0 Å². The Morgan fingerprint density at radius 3 is 2.66 bits per heavy atom. The topological polar surface area (TPSA) is 66.3 Å². The van der Waals surface area contributed by atoms with Crippen molar-refractivity contribution in [2.75, 3.05) is 0 Å². The van der Waals surface area contributed by atoms with Gasteiger partial charge in [0.1, 0.15) is 5.82 Å². The number of rotatable bonds is 4. The Bertz CT molecular complexity index is 1290. The lowest BCUT2D eigenvalue weighted by atomic mass is 9.97. The number of aromatic amines is 1. The highest BCUT2D eigenvalue weighted by Gasteiger charge is 2.36. The van der Waals surface area contributed by atoms with E-state index in [-0.39, 0.29) is 17.8 Å². The van der Waals surface area contributed by atoms with Gasteiger partial charge < -0.3 is 9.32 Å². The maximum Gasteiger partial charge on any atom is 0.417 e. The number of H-pyrrole nitrogens is 1. The zero-order valence-corrected chi connectivity index (χ0v) is 15.4. The first-order chi connectivity index (χ1) is 14.1. The van der Waals surface area contributed by atoms with Crippen LogP contribution in [-0.2, 0) is 13.0 Å². The van der Waals surface area contributed by atoms with Gasteiger partial charge in [0.05, 0.1) is 11.6 Å². The molecular weight excluding hydrogens is 371 g/mol. The number of fused-ring (bicyclic) bond motifs is 2. The second-order valence-electron chi connectivity index (χ2n) is 7.18. The van der Waals surface area contributed by atoms with Crippen LogP contribution in [0, 0.1) is 5.82 Å². The van der Waals surface area contributed by atoms with E-state index >= 15 is 0 Å². The third-order valence-corrected chi connectivity index (χ3v) is 5.40. The molecule has 0 bridgehead atoms. The molecule has 144 valence electrons. The Morgan fingerprint density at radius 1 is 1.00 bits per heavy atom. The number of nitrogens with zero attached hydrogens (tertiary/aromatic N) is 1. The molecule has 0 radical (unpaired) electrons. The molecule has 29 heavy (non-hydrogen) atoms. The minimum absolute atomic E-state index is 0.0856. The van der Waals surface area contributed by atoms with Crippen molar-refractivity contribution < 1.29 is 13.6 Å². The van der Waals surface area contributed by atoms with E-state index in [9.17, 15) is 14.0 Å². The smallest absolute Gasteiger partial charge is 0.408 e. The Kier molecular flexibility index (Phi) is 4.05. The van der Waals surface area contributed by atoms with Crippen LogP contribution >= 0.6 is 0 Å². The number of halogens is 1. The van der Waals surface area contributed by atoms with Gasteiger partial charge in [-0.2, -0.15) is 0 Å². The van der Waals surface area contributed by atoms with E-state index in [0.29, 0.717) is 35.2 Å². The average molecular weight is 388 g/mol. The van der Waals surface area contributed by atoms with Crippen LogP contribution in [0.15, 0.2) is 75.9 Å². The normalized spacial score (nSPS) is 15.8. The van der Waals surface area contributed by atoms with Gasteiger partial charge in [0.2, 0.25) is 0 Å². The fourth-order valence-electron chi connectivity index (χ4n) is 4.01. The van der Waals surface area contributed by atoms with Crippen molar-refractivity contribution in [2.45, 2.75) is 19.0 Å². The largest absolute Gasteiger partial charge is 0.417 e. The fraction of sp³-hybridized carbons (Fsp3) is 0.130. The standard InChI is InChI=1S/C23H17FN2O3/c24-18-8-4-1-5-15(18)12-20-16-6-2-3-7-17(16)22(27)26(20)13-14-9-10-19-21(11-14)29-23(28)25-19/h1-11,20H,12-13H2,(H,25,28). The van der Waals surface area contributed by atoms with E-state index in [1.54, 1.807) is 41.3 Å². The van der Waals surface area contributed by atoms with Gasteiger partial charge in [-0.25, -0.2) is 9.18 Å². The highest BCUT2D eigenvalue weighted by Crippen LogP contribution is 2.37. The molecule has 0 saturated heterocycles. The van der Waals surface area contributed by atoms with Gasteiger partial charge >= 0.3 is 5.76 Å². The third-order valence-electron chi connectivity index (χ3n) is 5.40. The number of carbonyl (C=O) groups is 1. The molecule has 0 saturated carbocycles. The van der Waals surface area contributed by atoms with Crippen molar-refractivity contribution in [3.05, 3.63) is 105 Å². The molecule has 4 aromatic rings. The molecule has 1 aliphatic heterocycles. The number of carbonyl (C=O) groups excluding carboxylic acids is 1. The van der Waals surface area contributed by atoms with E-state index < -0.39 is 5.76 Å². The molecule has 0 fully saturated rings. The summed E-state index contributed by atoms with van der Waals surface area (Å²) in [5, 5.41) is 0. The minimum atomic E-state index is -0.515. The monoisotopic (exact) mass is 388 g/mol. The van der Waals surface area contributed by atoms with Gasteiger partial charge in [-0.05, 0) is 47.4 Å². The molecule has 1 aromatic heterocycles. The Hall–Kier alpha value is -3.67. The third kappa shape index (κ3) is 3.02. The van der Waals surface area contributed by atoms with Crippen LogP contribution in [0.4, 0.5) is 4.39 Å². The Balaban J connectivity index is 1.53. The summed E-state index contributed by atoms with van der Waals surface area (Å²) in [6, 6.07) is 19.2. The number of nitrogens with one attached hydrogen (secondary N) is 1. The molecule has 5 nitrogen and oxygen atoms in total. The van der Waals surface area contributed by atoms with Crippen molar-refractivity contribution in [2.24, 2.45) is 0 Å². The summed E-state index contributed by atoms with van der Waals surface area (Å²) in [7, 11) is 0. The second-order valence-corrected chi connectivity index (χ2v) is 7.18. The summed E-state index contributed by atoms with van der Waals surface area (Å²) in [4.78, 5) is 28.9. The molecule has 1 aliphatic rings. The molecule has 0 spiro atoms. The Morgan fingerprint density at radius 2 is 1.79 bits per heavy atom. The molecule has 1 unspecified atom stereocenters. The van der Waals surface area contributed by atoms with Crippen LogP contribution in [0.1, 0.15) is 33.1 Å². The average Bonchev–Trinajstić information content (AvgIpc) is 3.21. The van der Waals surface area contributed by atoms with Gasteiger partial charge in [-0.3, -0.25) is 9.78 Å². The first-order valence-electron chi connectivity index (χ1n) is 9.35. The lowest BCUT2D eigenvalue weighted by Gasteiger charge is -2.26. The van der Waals surface area contributed by atoms with Gasteiger partial charge in [-0.1, -0.05) is 42.5 Å². The van der Waals surface area contributed by atoms with Crippen molar-refractivity contribution in [1.29, 1.82) is 0 Å². The minimum Gasteiger partial charge on any atom is -0.408 e. The van der Waals surface area contributed by atoms with E-state index in [2.05, 4.69) is 4.98 Å². The van der Waals surface area contributed by atoms with E-state index in [0.717, 1.165) is 11.1 Å². The number of hydrogen-bond acceptors (Lipinski definition) is 3. The number of hydrogen-bond donors (Lipinski definition) is 1. The molecule has 1 N–H and O–H groups in total. The van der Waals surface area contributed by atoms with Gasteiger partial charge in [0.15, 0.2) is 5.58 Å². The molecule has 1 atom stereocenters. The van der Waals surface area contributed by atoms with Crippen molar-refractivity contribution >= 4 is 17.0 Å². The summed E-state index contributed by atoms with van der Waals surface area (Å²) in [6.07, 6.45) is 0.386. The highest BCUT2D eigenvalue weighted by molar-refractivity contribution is 5.99. The zero-order chi connectivity index (χ0) is 20.0. The Labute approximate surface area is 165 Å². The van der Waals surface area contributed by atoms with Crippen LogP contribution in [0.2, 0.25) is 0 Å². The number of oxazole rings is 1. The van der Waals surface area contributed by atoms with Crippen LogP contribution < -0.4 is 5.76 Å². The molecule has 0 aliphatic carbocycles. The summed E-state index contributed by atoms with van der Waals surface area (Å²) in [5.74, 6) is -0.878. The lowest BCUT2D eigenvalue weighted by Crippen LogP contribution is -2.29. The summed E-state index contributed by atoms with van der Waals surface area (Å²) >= 11 is 0. The molecule has 2 heterocycles. The molecule has 5 rings (SSSR count). The maximum atomic E-state index is 14.3. The van der Waals surface area contributed by atoms with Crippen LogP contribution in [0.5, 0.6) is 0 Å². The highest BCUT2D eigenvalue weighted by atomic mass is 19.1. The van der Waals surface area contributed by atoms with Gasteiger partial charge in [0, 0.05) is 12.1 Å². The SMILES string of the molecule is O=C1c2ccccc2C(Cc2ccccc2F)N1Cc1ccc2[nH]c(=O)oc2c1.